The molecule has 1 aliphatic carbocycles. The van der Waals surface area contributed by atoms with Crippen molar-refractivity contribution in [3.8, 4) is 33.4 Å². The van der Waals surface area contributed by atoms with Crippen LogP contribution in [0.1, 0.15) is 70.6 Å². The SMILES string of the molecule is CC(C)(C)CC(c1ccc(-c2ccc(-c3ccc(-c4ccc5c(c4)CC5)cc3)cc2)cc1)C(C)(C)C. The molecule has 0 aliphatic heterocycles. The second-order valence-electron chi connectivity index (χ2n) is 12.9. The van der Waals surface area contributed by atoms with Gasteiger partial charge in [0.05, 0.1) is 0 Å². The van der Waals surface area contributed by atoms with Crippen molar-refractivity contribution in [2.24, 2.45) is 10.8 Å². The van der Waals surface area contributed by atoms with E-state index in [4.69, 9.17) is 0 Å². The standard InChI is InChI=1S/C36H40/c1-35(2,3)24-34(36(4,5)6)31-19-15-28(16-20-31)26-9-7-25(8-10-26)27-11-13-29(14-12-27)32-21-17-30-18-22-33(30)23-32/h7-17,19-21,23,34H,18,22,24H2,1-6H3. The first-order valence-electron chi connectivity index (χ1n) is 13.5. The summed E-state index contributed by atoms with van der Waals surface area (Å²) in [7, 11) is 0. The van der Waals surface area contributed by atoms with Gasteiger partial charge in [0.15, 0.2) is 0 Å². The highest BCUT2D eigenvalue weighted by atomic mass is 14.3. The summed E-state index contributed by atoms with van der Waals surface area (Å²) in [5, 5.41) is 0. The van der Waals surface area contributed by atoms with Crippen LogP contribution in [0.5, 0.6) is 0 Å². The first kappa shape index (κ1) is 24.6. The quantitative estimate of drug-likeness (QED) is 0.271. The fourth-order valence-electron chi connectivity index (χ4n) is 5.53. The highest BCUT2D eigenvalue weighted by molar-refractivity contribution is 5.74. The maximum atomic E-state index is 2.37. The first-order chi connectivity index (χ1) is 17.1. The van der Waals surface area contributed by atoms with Gasteiger partial charge in [-0.3, -0.25) is 0 Å². The van der Waals surface area contributed by atoms with Crippen LogP contribution in [-0.2, 0) is 12.8 Å². The number of hydrogen-bond donors (Lipinski definition) is 0. The first-order valence-corrected chi connectivity index (χ1v) is 13.5. The molecular weight excluding hydrogens is 432 g/mol. The van der Waals surface area contributed by atoms with Crippen LogP contribution in [0.25, 0.3) is 33.4 Å². The molecule has 5 rings (SSSR count). The van der Waals surface area contributed by atoms with Gasteiger partial charge < -0.3 is 0 Å². The van der Waals surface area contributed by atoms with Crippen LogP contribution in [0.3, 0.4) is 0 Å². The summed E-state index contributed by atoms with van der Waals surface area (Å²) in [6, 6.07) is 34.2. The average molecular weight is 473 g/mol. The minimum absolute atomic E-state index is 0.243. The maximum absolute atomic E-state index is 2.37. The van der Waals surface area contributed by atoms with Gasteiger partial charge in [-0.05, 0) is 86.1 Å². The molecule has 184 valence electrons. The Bertz CT molecular complexity index is 1320. The van der Waals surface area contributed by atoms with Crippen LogP contribution in [-0.4, -0.2) is 0 Å². The summed E-state index contributed by atoms with van der Waals surface area (Å²) >= 11 is 0. The van der Waals surface area contributed by atoms with Crippen molar-refractivity contribution in [3.05, 3.63) is 108 Å². The molecule has 0 heterocycles. The van der Waals surface area contributed by atoms with E-state index < -0.39 is 0 Å². The van der Waals surface area contributed by atoms with E-state index in [1.165, 1.54) is 69.3 Å². The highest BCUT2D eigenvalue weighted by Gasteiger charge is 2.30. The zero-order chi connectivity index (χ0) is 25.5. The number of hydrogen-bond acceptors (Lipinski definition) is 0. The number of fused-ring (bicyclic) bond motifs is 1. The smallest absolute Gasteiger partial charge is 0.0108 e. The Balaban J connectivity index is 1.32. The van der Waals surface area contributed by atoms with E-state index in [0.717, 1.165) is 0 Å². The lowest BCUT2D eigenvalue weighted by atomic mass is 9.69. The van der Waals surface area contributed by atoms with Crippen LogP contribution < -0.4 is 0 Å². The van der Waals surface area contributed by atoms with Gasteiger partial charge >= 0.3 is 0 Å². The summed E-state index contributed by atoms with van der Waals surface area (Å²) in [5.74, 6) is 0.546. The van der Waals surface area contributed by atoms with E-state index in [0.29, 0.717) is 11.3 Å². The van der Waals surface area contributed by atoms with E-state index in [9.17, 15) is 0 Å². The Morgan fingerprint density at radius 1 is 0.500 bits per heavy atom. The third-order valence-electron chi connectivity index (χ3n) is 7.81. The fourth-order valence-corrected chi connectivity index (χ4v) is 5.53. The van der Waals surface area contributed by atoms with E-state index in [1.807, 2.05) is 0 Å². The van der Waals surface area contributed by atoms with E-state index >= 15 is 0 Å². The molecule has 4 aromatic carbocycles. The Morgan fingerprint density at radius 2 is 0.889 bits per heavy atom. The summed E-state index contributed by atoms with van der Waals surface area (Å²) in [4.78, 5) is 0. The predicted molar refractivity (Wildman–Crippen MR) is 156 cm³/mol. The minimum atomic E-state index is 0.243. The van der Waals surface area contributed by atoms with Crippen molar-refractivity contribution >= 4 is 0 Å². The highest BCUT2D eigenvalue weighted by Crippen LogP contribution is 2.43. The molecule has 0 aromatic heterocycles. The van der Waals surface area contributed by atoms with Gasteiger partial charge in [0.1, 0.15) is 0 Å². The lowest BCUT2D eigenvalue weighted by Crippen LogP contribution is -2.23. The van der Waals surface area contributed by atoms with Gasteiger partial charge in [0.2, 0.25) is 0 Å². The lowest BCUT2D eigenvalue weighted by molar-refractivity contribution is 0.229. The summed E-state index contributed by atoms with van der Waals surface area (Å²) in [5.41, 5.74) is 12.7. The van der Waals surface area contributed by atoms with Crippen molar-refractivity contribution in [1.82, 2.24) is 0 Å². The molecular formula is C36H40. The molecule has 4 aromatic rings. The van der Waals surface area contributed by atoms with Gasteiger partial charge in [-0.15, -0.1) is 0 Å². The maximum Gasteiger partial charge on any atom is -0.0108 e. The summed E-state index contributed by atoms with van der Waals surface area (Å²) in [6.45, 7) is 14.1. The molecule has 0 fully saturated rings. The average Bonchev–Trinajstić information content (AvgIpc) is 2.83. The summed E-state index contributed by atoms with van der Waals surface area (Å²) < 4.78 is 0. The van der Waals surface area contributed by atoms with Crippen molar-refractivity contribution in [2.75, 3.05) is 0 Å². The molecule has 1 unspecified atom stereocenters. The molecule has 0 spiro atoms. The molecule has 0 saturated heterocycles. The summed E-state index contributed by atoms with van der Waals surface area (Å²) in [6.07, 6.45) is 3.66. The van der Waals surface area contributed by atoms with Crippen LogP contribution >= 0.6 is 0 Å². The van der Waals surface area contributed by atoms with Crippen LogP contribution in [0.2, 0.25) is 0 Å². The third-order valence-corrected chi connectivity index (χ3v) is 7.81. The lowest BCUT2D eigenvalue weighted by Gasteiger charge is -2.36. The minimum Gasteiger partial charge on any atom is -0.0602 e. The monoisotopic (exact) mass is 472 g/mol. The fraction of sp³-hybridized carbons (Fsp3) is 0.333. The van der Waals surface area contributed by atoms with Crippen LogP contribution in [0, 0.1) is 10.8 Å². The third kappa shape index (κ3) is 5.34. The Labute approximate surface area is 218 Å². The number of benzene rings is 4. The molecule has 1 atom stereocenters. The van der Waals surface area contributed by atoms with E-state index in [-0.39, 0.29) is 5.41 Å². The van der Waals surface area contributed by atoms with Gasteiger partial charge in [-0.25, -0.2) is 0 Å². The van der Waals surface area contributed by atoms with Gasteiger partial charge in [0.25, 0.3) is 0 Å². The molecule has 36 heavy (non-hydrogen) atoms. The molecule has 0 amide bonds. The number of rotatable bonds is 5. The van der Waals surface area contributed by atoms with Crippen molar-refractivity contribution < 1.29 is 0 Å². The second-order valence-corrected chi connectivity index (χ2v) is 12.9. The molecule has 0 heteroatoms. The predicted octanol–water partition coefficient (Wildman–Crippen LogP) is 10.4. The second kappa shape index (κ2) is 9.40. The zero-order valence-corrected chi connectivity index (χ0v) is 22.9. The van der Waals surface area contributed by atoms with Crippen molar-refractivity contribution in [3.63, 3.8) is 0 Å². The largest absolute Gasteiger partial charge is 0.0602 e. The molecule has 0 N–H and O–H groups in total. The Kier molecular flexibility index (Phi) is 6.41. The van der Waals surface area contributed by atoms with Crippen molar-refractivity contribution in [1.29, 1.82) is 0 Å². The molecule has 0 bridgehead atoms. The van der Waals surface area contributed by atoms with Gasteiger partial charge in [0, 0.05) is 0 Å². The normalized spacial score (nSPS) is 14.2. The Morgan fingerprint density at radius 3 is 1.25 bits per heavy atom. The van der Waals surface area contributed by atoms with E-state index in [2.05, 4.69) is 133 Å². The molecule has 0 nitrogen and oxygen atoms in total. The van der Waals surface area contributed by atoms with Crippen LogP contribution in [0.15, 0.2) is 91.0 Å². The van der Waals surface area contributed by atoms with Gasteiger partial charge in [-0.2, -0.15) is 0 Å². The topological polar surface area (TPSA) is 0 Å². The molecule has 1 aliphatic rings. The van der Waals surface area contributed by atoms with E-state index in [1.54, 1.807) is 0 Å². The number of aryl methyl sites for hydroxylation is 2. The molecule has 0 saturated carbocycles. The molecule has 0 radical (unpaired) electrons. The Hall–Kier alpha value is -3.12. The van der Waals surface area contributed by atoms with Crippen LogP contribution in [0.4, 0.5) is 0 Å². The van der Waals surface area contributed by atoms with Gasteiger partial charge in [-0.1, -0.05) is 133 Å². The van der Waals surface area contributed by atoms with Crippen molar-refractivity contribution in [2.45, 2.75) is 66.7 Å². The zero-order valence-electron chi connectivity index (χ0n) is 22.9.